The first kappa shape index (κ1) is 14.7. The Hall–Kier alpha value is -1.74. The van der Waals surface area contributed by atoms with Crippen LogP contribution in [0.5, 0.6) is 0 Å². The van der Waals surface area contributed by atoms with E-state index in [0.717, 1.165) is 16.5 Å². The molecule has 0 aliphatic heterocycles. The van der Waals surface area contributed by atoms with E-state index in [1.165, 1.54) is 4.57 Å². The van der Waals surface area contributed by atoms with E-state index in [1.54, 1.807) is 6.20 Å². The van der Waals surface area contributed by atoms with Gasteiger partial charge in [-0.25, -0.2) is 4.79 Å². The fourth-order valence-electron chi connectivity index (χ4n) is 1.98. The van der Waals surface area contributed by atoms with Crippen molar-refractivity contribution in [3.8, 4) is 0 Å². The standard InChI is InChI=1S/C16H18ClNO2/c1-16(2,3)20-15(19)18-11-9-13-12(7-5-10-17)6-4-8-14(13)18/h4-9,11H,10H2,1-3H3/b7-5+. The number of benzene rings is 1. The lowest BCUT2D eigenvalue weighted by molar-refractivity contribution is 0.0544. The topological polar surface area (TPSA) is 31.2 Å². The molecule has 0 spiro atoms. The summed E-state index contributed by atoms with van der Waals surface area (Å²) >= 11 is 5.66. The molecule has 20 heavy (non-hydrogen) atoms. The van der Waals surface area contributed by atoms with Crippen molar-refractivity contribution in [2.45, 2.75) is 26.4 Å². The van der Waals surface area contributed by atoms with Gasteiger partial charge < -0.3 is 4.74 Å². The summed E-state index contributed by atoms with van der Waals surface area (Å²) in [5, 5.41) is 1.000. The van der Waals surface area contributed by atoms with Gasteiger partial charge in [-0.3, -0.25) is 4.57 Å². The molecule has 1 heterocycles. The Labute approximate surface area is 123 Å². The Bertz CT molecular complexity index is 650. The molecule has 0 aliphatic carbocycles. The fourth-order valence-corrected chi connectivity index (χ4v) is 2.07. The van der Waals surface area contributed by atoms with Gasteiger partial charge in [0.25, 0.3) is 0 Å². The van der Waals surface area contributed by atoms with Crippen LogP contribution in [0, 0.1) is 0 Å². The molecule has 0 bridgehead atoms. The molecule has 1 aromatic heterocycles. The minimum atomic E-state index is -0.510. The first-order valence-electron chi connectivity index (χ1n) is 6.48. The van der Waals surface area contributed by atoms with Gasteiger partial charge in [-0.2, -0.15) is 0 Å². The number of fused-ring (bicyclic) bond motifs is 1. The van der Waals surface area contributed by atoms with E-state index in [2.05, 4.69) is 0 Å². The van der Waals surface area contributed by atoms with Crippen molar-refractivity contribution in [2.75, 3.05) is 5.88 Å². The van der Waals surface area contributed by atoms with E-state index in [-0.39, 0.29) is 6.09 Å². The molecule has 0 saturated carbocycles. The van der Waals surface area contributed by atoms with Gasteiger partial charge in [-0.05, 0) is 38.5 Å². The number of hydrogen-bond acceptors (Lipinski definition) is 2. The number of carbonyl (C=O) groups is 1. The molecule has 0 radical (unpaired) electrons. The number of alkyl halides is 1. The average Bonchev–Trinajstić information content (AvgIpc) is 2.78. The van der Waals surface area contributed by atoms with Crippen LogP contribution in [-0.4, -0.2) is 22.1 Å². The van der Waals surface area contributed by atoms with E-state index in [9.17, 15) is 4.79 Å². The van der Waals surface area contributed by atoms with Crippen LogP contribution in [0.3, 0.4) is 0 Å². The molecule has 106 valence electrons. The summed E-state index contributed by atoms with van der Waals surface area (Å²) in [6.07, 6.45) is 5.19. The molecule has 0 saturated heterocycles. The summed E-state index contributed by atoms with van der Waals surface area (Å²) in [6, 6.07) is 7.71. The summed E-state index contributed by atoms with van der Waals surface area (Å²) in [4.78, 5) is 12.2. The molecule has 0 atom stereocenters. The summed E-state index contributed by atoms with van der Waals surface area (Å²) in [7, 11) is 0. The van der Waals surface area contributed by atoms with Crippen molar-refractivity contribution >= 4 is 34.7 Å². The van der Waals surface area contributed by atoms with Gasteiger partial charge in [0, 0.05) is 17.5 Å². The van der Waals surface area contributed by atoms with Gasteiger partial charge in [0.15, 0.2) is 0 Å². The highest BCUT2D eigenvalue weighted by atomic mass is 35.5. The molecule has 0 aliphatic rings. The lowest BCUT2D eigenvalue weighted by atomic mass is 10.1. The monoisotopic (exact) mass is 291 g/mol. The summed E-state index contributed by atoms with van der Waals surface area (Å²) < 4.78 is 6.92. The predicted octanol–water partition coefficient (Wildman–Crippen LogP) is 4.68. The normalized spacial score (nSPS) is 12.2. The second-order valence-electron chi connectivity index (χ2n) is 5.50. The minimum Gasteiger partial charge on any atom is -0.443 e. The van der Waals surface area contributed by atoms with Crippen molar-refractivity contribution in [1.82, 2.24) is 4.57 Å². The highest BCUT2D eigenvalue weighted by Gasteiger charge is 2.19. The van der Waals surface area contributed by atoms with Crippen LogP contribution in [0.15, 0.2) is 36.5 Å². The van der Waals surface area contributed by atoms with Crippen LogP contribution in [0.1, 0.15) is 26.3 Å². The SMILES string of the molecule is CC(C)(C)OC(=O)n1ccc2c(/C=C/CCl)cccc21. The van der Waals surface area contributed by atoms with Gasteiger partial charge in [0.2, 0.25) is 0 Å². The molecule has 0 fully saturated rings. The lowest BCUT2D eigenvalue weighted by Gasteiger charge is -2.19. The first-order chi connectivity index (χ1) is 9.42. The Morgan fingerprint density at radius 2 is 2.10 bits per heavy atom. The maximum atomic E-state index is 12.2. The summed E-state index contributed by atoms with van der Waals surface area (Å²) in [6.45, 7) is 5.56. The predicted molar refractivity (Wildman–Crippen MR) is 83.3 cm³/mol. The zero-order valence-electron chi connectivity index (χ0n) is 11.9. The molecule has 3 nitrogen and oxygen atoms in total. The van der Waals surface area contributed by atoms with Gasteiger partial charge in [-0.15, -0.1) is 11.6 Å². The zero-order valence-corrected chi connectivity index (χ0v) is 12.6. The highest BCUT2D eigenvalue weighted by molar-refractivity contribution is 6.19. The van der Waals surface area contributed by atoms with Crippen molar-refractivity contribution in [3.05, 3.63) is 42.1 Å². The van der Waals surface area contributed by atoms with Gasteiger partial charge in [0.1, 0.15) is 5.60 Å². The largest absolute Gasteiger partial charge is 0.443 e. The van der Waals surface area contributed by atoms with Gasteiger partial charge >= 0.3 is 6.09 Å². The number of nitrogens with zero attached hydrogens (tertiary/aromatic N) is 1. The van der Waals surface area contributed by atoms with Crippen LogP contribution in [0.25, 0.3) is 17.0 Å². The van der Waals surface area contributed by atoms with Crippen molar-refractivity contribution in [1.29, 1.82) is 0 Å². The van der Waals surface area contributed by atoms with Crippen LogP contribution in [0.4, 0.5) is 4.79 Å². The second-order valence-corrected chi connectivity index (χ2v) is 5.81. The molecule has 2 rings (SSSR count). The Kier molecular flexibility index (Phi) is 4.19. The fraction of sp³-hybridized carbons (Fsp3) is 0.312. The smallest absolute Gasteiger partial charge is 0.418 e. The molecule has 4 heteroatoms. The van der Waals surface area contributed by atoms with Crippen molar-refractivity contribution in [2.24, 2.45) is 0 Å². The number of aromatic nitrogens is 1. The van der Waals surface area contributed by atoms with Crippen LogP contribution < -0.4 is 0 Å². The summed E-state index contributed by atoms with van der Waals surface area (Å²) in [5.74, 6) is 0.461. The molecule has 0 N–H and O–H groups in total. The molecule has 0 unspecified atom stereocenters. The van der Waals surface area contributed by atoms with Crippen LogP contribution >= 0.6 is 11.6 Å². The minimum absolute atomic E-state index is 0.369. The summed E-state index contributed by atoms with van der Waals surface area (Å²) in [5.41, 5.74) is 1.35. The number of halogens is 1. The quantitative estimate of drug-likeness (QED) is 0.753. The van der Waals surface area contributed by atoms with Crippen LogP contribution in [-0.2, 0) is 4.74 Å². The van der Waals surface area contributed by atoms with E-state index in [1.807, 2.05) is 57.2 Å². The van der Waals surface area contributed by atoms with Crippen LogP contribution in [0.2, 0.25) is 0 Å². The van der Waals surface area contributed by atoms with E-state index in [0.29, 0.717) is 5.88 Å². The van der Waals surface area contributed by atoms with E-state index in [4.69, 9.17) is 16.3 Å². The Morgan fingerprint density at radius 1 is 1.35 bits per heavy atom. The Morgan fingerprint density at radius 3 is 2.75 bits per heavy atom. The molecule has 0 amide bonds. The molecule has 1 aromatic carbocycles. The molecular formula is C16H18ClNO2. The maximum absolute atomic E-state index is 12.2. The molecular weight excluding hydrogens is 274 g/mol. The first-order valence-corrected chi connectivity index (χ1v) is 7.02. The van der Waals surface area contributed by atoms with Gasteiger partial charge in [0.05, 0.1) is 5.52 Å². The van der Waals surface area contributed by atoms with Crippen molar-refractivity contribution in [3.63, 3.8) is 0 Å². The highest BCUT2D eigenvalue weighted by Crippen LogP contribution is 2.22. The maximum Gasteiger partial charge on any atom is 0.418 e. The number of hydrogen-bond donors (Lipinski definition) is 0. The van der Waals surface area contributed by atoms with Gasteiger partial charge in [-0.1, -0.05) is 24.3 Å². The third-order valence-electron chi connectivity index (χ3n) is 2.74. The Balaban J connectivity index is 2.42. The van der Waals surface area contributed by atoms with Crippen molar-refractivity contribution < 1.29 is 9.53 Å². The number of allylic oxidation sites excluding steroid dienone is 1. The number of ether oxygens (including phenoxy) is 1. The average molecular weight is 292 g/mol. The number of carbonyl (C=O) groups excluding carboxylic acids is 1. The van der Waals surface area contributed by atoms with E-state index < -0.39 is 5.60 Å². The second kappa shape index (κ2) is 5.71. The molecule has 2 aromatic rings. The van der Waals surface area contributed by atoms with E-state index >= 15 is 0 Å². The number of rotatable bonds is 2. The third kappa shape index (κ3) is 3.23. The lowest BCUT2D eigenvalue weighted by Crippen LogP contribution is -2.26. The zero-order chi connectivity index (χ0) is 14.8. The third-order valence-corrected chi connectivity index (χ3v) is 2.92.